The fourth-order valence-corrected chi connectivity index (χ4v) is 4.77. The normalized spacial score (nSPS) is 26.0. The van der Waals surface area contributed by atoms with Gasteiger partial charge in [-0.2, -0.15) is 0 Å². The topological polar surface area (TPSA) is 6.48 Å². The van der Waals surface area contributed by atoms with Crippen molar-refractivity contribution in [3.05, 3.63) is 77.1 Å². The van der Waals surface area contributed by atoms with Gasteiger partial charge in [-0.05, 0) is 28.3 Å². The molecule has 3 aliphatic rings. The lowest BCUT2D eigenvalue weighted by Gasteiger charge is -2.39. The van der Waals surface area contributed by atoms with E-state index in [2.05, 4.69) is 85.6 Å². The maximum atomic E-state index is 2.45. The van der Waals surface area contributed by atoms with E-state index in [4.69, 9.17) is 0 Å². The van der Waals surface area contributed by atoms with Crippen LogP contribution in [0, 0.1) is 0 Å². The van der Waals surface area contributed by atoms with Crippen molar-refractivity contribution < 1.29 is 0 Å². The number of likely N-dealkylation sites (N-methyl/N-ethyl adjacent to an activating group) is 1. The Kier molecular flexibility index (Phi) is 2.10. The number of benzene rings is 2. The predicted octanol–water partition coefficient (Wildman–Crippen LogP) is 4.02. The molecule has 0 saturated heterocycles. The van der Waals surface area contributed by atoms with Crippen LogP contribution in [0.15, 0.2) is 54.9 Å². The van der Waals surface area contributed by atoms with Crippen LogP contribution in [0.1, 0.15) is 42.0 Å². The van der Waals surface area contributed by atoms with Gasteiger partial charge < -0.3 is 9.80 Å². The van der Waals surface area contributed by atoms with Crippen molar-refractivity contribution in [3.8, 4) is 0 Å². The third-order valence-electron chi connectivity index (χ3n) is 5.78. The maximum Gasteiger partial charge on any atom is 0.116 e. The Morgan fingerprint density at radius 1 is 0.909 bits per heavy atom. The first kappa shape index (κ1) is 12.3. The average molecular weight is 288 g/mol. The number of nitrogens with zero attached hydrogens (tertiary/aromatic N) is 2. The highest BCUT2D eigenvalue weighted by Gasteiger charge is 2.49. The van der Waals surface area contributed by atoms with Crippen molar-refractivity contribution in [1.29, 1.82) is 0 Å². The second kappa shape index (κ2) is 3.75. The first-order chi connectivity index (χ1) is 10.6. The van der Waals surface area contributed by atoms with Crippen LogP contribution in [0.4, 0.5) is 5.69 Å². The fourth-order valence-electron chi connectivity index (χ4n) is 4.77. The van der Waals surface area contributed by atoms with Gasteiger partial charge in [-0.25, -0.2) is 0 Å². The number of fused-ring (bicyclic) bond motifs is 5. The molecule has 0 radical (unpaired) electrons. The molecule has 0 bridgehead atoms. The van der Waals surface area contributed by atoms with Gasteiger partial charge in [0.1, 0.15) is 6.17 Å². The first-order valence-corrected chi connectivity index (χ1v) is 8.02. The highest BCUT2D eigenvalue weighted by atomic mass is 15.4. The quantitative estimate of drug-likeness (QED) is 0.722. The van der Waals surface area contributed by atoms with Crippen LogP contribution in [-0.4, -0.2) is 18.1 Å². The molecular formula is C20H20N2. The molecule has 2 aliphatic heterocycles. The first-order valence-electron chi connectivity index (χ1n) is 8.02. The van der Waals surface area contributed by atoms with Crippen molar-refractivity contribution in [1.82, 2.24) is 4.90 Å². The molecule has 0 saturated carbocycles. The van der Waals surface area contributed by atoms with Crippen LogP contribution in [0.25, 0.3) is 0 Å². The molecule has 1 aliphatic carbocycles. The van der Waals surface area contributed by atoms with Crippen molar-refractivity contribution in [2.45, 2.75) is 31.3 Å². The molecule has 2 aromatic rings. The molecule has 0 aromatic heterocycles. The summed E-state index contributed by atoms with van der Waals surface area (Å²) in [7, 11) is 2.19. The smallest absolute Gasteiger partial charge is 0.116 e. The number of rotatable bonds is 0. The van der Waals surface area contributed by atoms with Crippen molar-refractivity contribution in [3.63, 3.8) is 0 Å². The van der Waals surface area contributed by atoms with Crippen LogP contribution in [0.5, 0.6) is 0 Å². The van der Waals surface area contributed by atoms with E-state index in [1.807, 2.05) is 0 Å². The molecule has 0 N–H and O–H groups in total. The molecule has 22 heavy (non-hydrogen) atoms. The van der Waals surface area contributed by atoms with Crippen molar-refractivity contribution in [2.75, 3.05) is 11.9 Å². The highest BCUT2D eigenvalue weighted by Crippen LogP contribution is 2.56. The molecule has 110 valence electrons. The fraction of sp³-hybridized carbons (Fsp3) is 0.300. The summed E-state index contributed by atoms with van der Waals surface area (Å²) in [5.74, 6) is 0.440. The van der Waals surface area contributed by atoms with E-state index < -0.39 is 0 Å². The van der Waals surface area contributed by atoms with E-state index in [-0.39, 0.29) is 5.41 Å². The Morgan fingerprint density at radius 3 is 2.55 bits per heavy atom. The van der Waals surface area contributed by atoms with Gasteiger partial charge in [-0.1, -0.05) is 50.2 Å². The van der Waals surface area contributed by atoms with E-state index in [9.17, 15) is 0 Å². The zero-order chi connectivity index (χ0) is 15.1. The van der Waals surface area contributed by atoms with Crippen LogP contribution in [0.2, 0.25) is 0 Å². The molecule has 2 aromatic carbocycles. The van der Waals surface area contributed by atoms with Crippen molar-refractivity contribution in [2.24, 2.45) is 0 Å². The monoisotopic (exact) mass is 288 g/mol. The van der Waals surface area contributed by atoms with Crippen LogP contribution >= 0.6 is 0 Å². The number of anilines is 1. The van der Waals surface area contributed by atoms with Gasteiger partial charge in [0.2, 0.25) is 0 Å². The summed E-state index contributed by atoms with van der Waals surface area (Å²) >= 11 is 0. The minimum absolute atomic E-state index is 0.0699. The van der Waals surface area contributed by atoms with Crippen LogP contribution in [-0.2, 0) is 5.41 Å². The Bertz CT molecular complexity index is 818. The summed E-state index contributed by atoms with van der Waals surface area (Å²) in [6.07, 6.45) is 4.81. The maximum absolute atomic E-state index is 2.45. The van der Waals surface area contributed by atoms with Gasteiger partial charge in [0.15, 0.2) is 0 Å². The summed E-state index contributed by atoms with van der Waals surface area (Å²) in [6, 6.07) is 15.8. The zero-order valence-corrected chi connectivity index (χ0v) is 13.2. The molecule has 2 heteroatoms. The lowest BCUT2D eigenvalue weighted by Crippen LogP contribution is -2.39. The highest BCUT2D eigenvalue weighted by molar-refractivity contribution is 5.74. The Hall–Kier alpha value is -2.22. The molecule has 0 spiro atoms. The molecular weight excluding hydrogens is 268 g/mol. The summed E-state index contributed by atoms with van der Waals surface area (Å²) in [6.45, 7) is 4.72. The van der Waals surface area contributed by atoms with Crippen molar-refractivity contribution >= 4 is 5.69 Å². The van der Waals surface area contributed by atoms with Gasteiger partial charge >= 0.3 is 0 Å². The van der Waals surface area contributed by atoms with E-state index in [1.54, 1.807) is 0 Å². The van der Waals surface area contributed by atoms with E-state index in [0.717, 1.165) is 0 Å². The van der Waals surface area contributed by atoms with Gasteiger partial charge in [-0.3, -0.25) is 0 Å². The standard InChI is InChI=1S/C20H20N2/c1-20(2)14-8-5-4-7-13(14)17-18-15(20)9-6-10-16(18)22-12-11-21(3)19(17)22/h4-12,17,19H,1-3H3. The Labute approximate surface area is 131 Å². The van der Waals surface area contributed by atoms with E-state index >= 15 is 0 Å². The minimum atomic E-state index is 0.0699. The molecule has 0 fully saturated rings. The summed E-state index contributed by atoms with van der Waals surface area (Å²) < 4.78 is 0. The van der Waals surface area contributed by atoms with Gasteiger partial charge in [-0.15, -0.1) is 0 Å². The molecule has 2 heterocycles. The van der Waals surface area contributed by atoms with Gasteiger partial charge in [0, 0.05) is 30.5 Å². The summed E-state index contributed by atoms with van der Waals surface area (Å²) in [5.41, 5.74) is 7.45. The molecule has 2 unspecified atom stereocenters. The third-order valence-corrected chi connectivity index (χ3v) is 5.78. The van der Waals surface area contributed by atoms with E-state index in [0.29, 0.717) is 12.1 Å². The Balaban J connectivity index is 1.88. The number of hydrogen-bond donors (Lipinski definition) is 0. The number of hydrogen-bond acceptors (Lipinski definition) is 2. The summed E-state index contributed by atoms with van der Waals surface area (Å²) in [4.78, 5) is 4.80. The summed E-state index contributed by atoms with van der Waals surface area (Å²) in [5, 5.41) is 0. The Morgan fingerprint density at radius 2 is 1.68 bits per heavy atom. The third kappa shape index (κ3) is 1.23. The van der Waals surface area contributed by atoms with E-state index in [1.165, 1.54) is 27.9 Å². The SMILES string of the molecule is CN1C=CN2c3cccc4c3C(c3ccccc3C4(C)C)C12. The largest absolute Gasteiger partial charge is 0.358 e. The van der Waals surface area contributed by atoms with Gasteiger partial charge in [0.05, 0.1) is 5.92 Å². The van der Waals surface area contributed by atoms with Gasteiger partial charge in [0.25, 0.3) is 0 Å². The predicted molar refractivity (Wildman–Crippen MR) is 90.0 cm³/mol. The minimum Gasteiger partial charge on any atom is -0.358 e. The second-order valence-corrected chi connectivity index (χ2v) is 7.21. The molecule has 0 amide bonds. The lowest BCUT2D eigenvalue weighted by atomic mass is 9.65. The van der Waals surface area contributed by atoms with Crippen LogP contribution < -0.4 is 4.90 Å². The second-order valence-electron chi connectivity index (χ2n) is 7.21. The molecule has 5 rings (SSSR count). The zero-order valence-electron chi connectivity index (χ0n) is 13.2. The average Bonchev–Trinajstić information content (AvgIpc) is 3.05. The molecule has 2 atom stereocenters. The lowest BCUT2D eigenvalue weighted by molar-refractivity contribution is 0.337. The van der Waals surface area contributed by atoms with Crippen LogP contribution in [0.3, 0.4) is 0 Å². The molecule has 2 nitrogen and oxygen atoms in total.